The monoisotopic (exact) mass is 266 g/mol. The number of hydrogen-bond acceptors (Lipinski definition) is 5. The molecule has 2 atom stereocenters. The Bertz CT molecular complexity index is 483. The van der Waals surface area contributed by atoms with Crippen LogP contribution in [0.1, 0.15) is 50.8 Å². The molecule has 7 heteroatoms. The van der Waals surface area contributed by atoms with E-state index in [0.717, 1.165) is 19.3 Å². The lowest BCUT2D eigenvalue weighted by molar-refractivity contribution is -0.153. The zero-order valence-corrected chi connectivity index (χ0v) is 10.9. The highest BCUT2D eigenvalue weighted by Crippen LogP contribution is 2.42. The minimum atomic E-state index is -0.931. The van der Waals surface area contributed by atoms with Gasteiger partial charge in [-0.2, -0.15) is 0 Å². The Kier molecular flexibility index (Phi) is 3.00. The van der Waals surface area contributed by atoms with Crippen LogP contribution in [-0.2, 0) is 15.1 Å². The molecule has 1 aromatic heterocycles. The quantitative estimate of drug-likeness (QED) is 0.871. The molecule has 0 spiro atoms. The van der Waals surface area contributed by atoms with Gasteiger partial charge in [0.25, 0.3) is 0 Å². The van der Waals surface area contributed by atoms with Crippen LogP contribution < -0.4 is 0 Å². The van der Waals surface area contributed by atoms with Gasteiger partial charge in [-0.25, -0.2) is 9.48 Å². The van der Waals surface area contributed by atoms with E-state index in [-0.39, 0.29) is 12.0 Å². The summed E-state index contributed by atoms with van der Waals surface area (Å²) >= 11 is 0. The van der Waals surface area contributed by atoms with E-state index >= 15 is 0 Å². The molecule has 2 heterocycles. The minimum Gasteiger partial charge on any atom is -0.479 e. The van der Waals surface area contributed by atoms with Crippen LogP contribution in [0.15, 0.2) is 0 Å². The Balaban J connectivity index is 1.96. The Labute approximate surface area is 110 Å². The van der Waals surface area contributed by atoms with Crippen LogP contribution in [0.2, 0.25) is 0 Å². The first kappa shape index (κ1) is 12.5. The van der Waals surface area contributed by atoms with Crippen molar-refractivity contribution in [2.24, 2.45) is 0 Å². The third kappa shape index (κ3) is 1.75. The van der Waals surface area contributed by atoms with E-state index in [1.54, 1.807) is 4.68 Å². The molecule has 3 rings (SSSR count). The highest BCUT2D eigenvalue weighted by Gasteiger charge is 2.50. The normalized spacial score (nSPS) is 29.1. The first-order valence-corrected chi connectivity index (χ1v) is 6.83. The third-order valence-corrected chi connectivity index (χ3v) is 4.42. The minimum absolute atomic E-state index is 0.0932. The fourth-order valence-electron chi connectivity index (χ4n) is 3.10. The van der Waals surface area contributed by atoms with Gasteiger partial charge in [0.05, 0.1) is 6.10 Å². The number of carboxylic acids is 1. The van der Waals surface area contributed by atoms with E-state index in [0.29, 0.717) is 25.3 Å². The van der Waals surface area contributed by atoms with Gasteiger partial charge in [0.15, 0.2) is 11.4 Å². The number of carbonyl (C=O) groups is 1. The second-order valence-corrected chi connectivity index (χ2v) is 5.35. The predicted octanol–water partition coefficient (Wildman–Crippen LogP) is 0.919. The molecule has 2 aliphatic rings. The molecular formula is C12H18N4O3. The van der Waals surface area contributed by atoms with E-state index < -0.39 is 11.5 Å². The zero-order valence-electron chi connectivity index (χ0n) is 10.9. The van der Waals surface area contributed by atoms with E-state index in [4.69, 9.17) is 4.74 Å². The maximum absolute atomic E-state index is 11.6. The topological polar surface area (TPSA) is 90.1 Å². The molecule has 1 N–H and O–H groups in total. The Morgan fingerprint density at radius 3 is 2.95 bits per heavy atom. The van der Waals surface area contributed by atoms with Crippen molar-refractivity contribution in [3.05, 3.63) is 5.82 Å². The Morgan fingerprint density at radius 2 is 2.37 bits per heavy atom. The molecular weight excluding hydrogens is 248 g/mol. The molecule has 19 heavy (non-hydrogen) atoms. The van der Waals surface area contributed by atoms with Crippen molar-refractivity contribution in [1.29, 1.82) is 0 Å². The lowest BCUT2D eigenvalue weighted by Gasteiger charge is -2.38. The highest BCUT2D eigenvalue weighted by molar-refractivity contribution is 5.77. The molecule has 1 aromatic rings. The average Bonchev–Trinajstić information content (AvgIpc) is 2.93. The summed E-state index contributed by atoms with van der Waals surface area (Å²) in [6.45, 7) is 2.75. The van der Waals surface area contributed by atoms with Gasteiger partial charge in [-0.1, -0.05) is 6.92 Å². The van der Waals surface area contributed by atoms with Crippen LogP contribution in [0.5, 0.6) is 0 Å². The first-order valence-electron chi connectivity index (χ1n) is 6.83. The van der Waals surface area contributed by atoms with E-state index in [2.05, 4.69) is 22.4 Å². The van der Waals surface area contributed by atoms with Gasteiger partial charge < -0.3 is 9.84 Å². The van der Waals surface area contributed by atoms with Gasteiger partial charge in [-0.3, -0.25) is 0 Å². The van der Waals surface area contributed by atoms with Gasteiger partial charge in [-0.15, -0.1) is 5.10 Å². The van der Waals surface area contributed by atoms with E-state index in [9.17, 15) is 9.90 Å². The number of rotatable bonds is 4. The molecule has 1 saturated heterocycles. The second-order valence-electron chi connectivity index (χ2n) is 5.35. The van der Waals surface area contributed by atoms with E-state index in [1.165, 1.54) is 0 Å². The largest absolute Gasteiger partial charge is 0.479 e. The molecule has 104 valence electrons. The lowest BCUT2D eigenvalue weighted by Crippen LogP contribution is -2.49. The molecule has 1 saturated carbocycles. The fourth-order valence-corrected chi connectivity index (χ4v) is 3.10. The van der Waals surface area contributed by atoms with E-state index in [1.807, 2.05) is 0 Å². The second kappa shape index (κ2) is 4.56. The average molecular weight is 266 g/mol. The summed E-state index contributed by atoms with van der Waals surface area (Å²) in [5.74, 6) is -0.0532. The summed E-state index contributed by atoms with van der Waals surface area (Å²) < 4.78 is 7.20. The number of ether oxygens (including phenoxy) is 1. The van der Waals surface area contributed by atoms with Gasteiger partial charge >= 0.3 is 5.97 Å². The molecule has 1 aliphatic carbocycles. The molecule has 0 aromatic carbocycles. The lowest BCUT2D eigenvalue weighted by atomic mass is 9.76. The van der Waals surface area contributed by atoms with Crippen molar-refractivity contribution in [3.8, 4) is 0 Å². The highest BCUT2D eigenvalue weighted by atomic mass is 16.5. The summed E-state index contributed by atoms with van der Waals surface area (Å²) in [7, 11) is 0. The number of aromatic nitrogens is 4. The van der Waals surface area contributed by atoms with Crippen LogP contribution in [0.4, 0.5) is 0 Å². The summed E-state index contributed by atoms with van der Waals surface area (Å²) in [6.07, 6.45) is 3.95. The summed E-state index contributed by atoms with van der Waals surface area (Å²) in [6, 6.07) is 0. The van der Waals surface area contributed by atoms with Crippen molar-refractivity contribution in [2.75, 3.05) is 6.61 Å². The van der Waals surface area contributed by atoms with Crippen LogP contribution >= 0.6 is 0 Å². The third-order valence-electron chi connectivity index (χ3n) is 4.42. The number of aliphatic carboxylic acids is 1. The van der Waals surface area contributed by atoms with Crippen molar-refractivity contribution in [2.45, 2.75) is 56.6 Å². The van der Waals surface area contributed by atoms with Crippen LogP contribution in [0.25, 0.3) is 0 Å². The molecule has 0 bridgehead atoms. The molecule has 1 aliphatic heterocycles. The number of nitrogens with zero attached hydrogens (tertiary/aromatic N) is 4. The van der Waals surface area contributed by atoms with Crippen LogP contribution in [0, 0.1) is 0 Å². The van der Waals surface area contributed by atoms with Crippen molar-refractivity contribution in [3.63, 3.8) is 0 Å². The van der Waals surface area contributed by atoms with Gasteiger partial charge in [0.1, 0.15) is 0 Å². The Hall–Kier alpha value is -1.50. The van der Waals surface area contributed by atoms with Crippen molar-refractivity contribution in [1.82, 2.24) is 20.2 Å². The molecule has 7 nitrogen and oxygen atoms in total. The number of tetrazole rings is 1. The fraction of sp³-hybridized carbons (Fsp3) is 0.833. The molecule has 0 radical (unpaired) electrons. The maximum Gasteiger partial charge on any atom is 0.331 e. The molecule has 0 amide bonds. The van der Waals surface area contributed by atoms with Crippen molar-refractivity contribution >= 4 is 5.97 Å². The predicted molar refractivity (Wildman–Crippen MR) is 64.7 cm³/mol. The standard InChI is InChI=1S/C12H18N4O3/c1-2-9-8(4-7-19-9)10-13-14-15-16(10)12(11(17)18)5-3-6-12/h8-9H,2-7H2,1H3,(H,17,18). The van der Waals surface area contributed by atoms with Gasteiger partial charge in [-0.05, 0) is 42.5 Å². The SMILES string of the molecule is CCC1OCCC1c1nnnn1C1(C(=O)O)CCC1. The molecule has 2 unspecified atom stereocenters. The summed E-state index contributed by atoms with van der Waals surface area (Å²) in [4.78, 5) is 11.6. The smallest absolute Gasteiger partial charge is 0.331 e. The maximum atomic E-state index is 11.6. The Morgan fingerprint density at radius 1 is 1.58 bits per heavy atom. The number of carboxylic acid groups (broad SMARTS) is 1. The summed E-state index contributed by atoms with van der Waals surface area (Å²) in [5, 5.41) is 21.3. The number of hydrogen-bond donors (Lipinski definition) is 1. The molecule has 2 fully saturated rings. The summed E-state index contributed by atoms with van der Waals surface area (Å²) in [5.41, 5.74) is -0.931. The zero-order chi connectivity index (χ0) is 13.5. The van der Waals surface area contributed by atoms with Gasteiger partial charge in [0, 0.05) is 12.5 Å². The van der Waals surface area contributed by atoms with Crippen molar-refractivity contribution < 1.29 is 14.6 Å². The first-order chi connectivity index (χ1) is 9.19. The van der Waals surface area contributed by atoms with Crippen LogP contribution in [-0.4, -0.2) is 44.0 Å². The van der Waals surface area contributed by atoms with Gasteiger partial charge in [0.2, 0.25) is 0 Å². The van der Waals surface area contributed by atoms with Crippen LogP contribution in [0.3, 0.4) is 0 Å².